The third kappa shape index (κ3) is 1.72. The molecule has 2 heteroatoms. The van der Waals surface area contributed by atoms with Crippen LogP contribution in [0.3, 0.4) is 0 Å². The second-order valence-corrected chi connectivity index (χ2v) is 4.45. The normalized spacial score (nSPS) is 10.7. The first-order chi connectivity index (χ1) is 8.75. The van der Waals surface area contributed by atoms with E-state index in [4.69, 9.17) is 5.73 Å². The Hall–Kier alpha value is -2.35. The highest BCUT2D eigenvalue weighted by Gasteiger charge is 2.05. The van der Waals surface area contributed by atoms with Crippen molar-refractivity contribution in [3.05, 3.63) is 60.3 Å². The fraction of sp³-hybridized carbons (Fsp3) is 0.0625. The van der Waals surface area contributed by atoms with Gasteiger partial charge in [0.15, 0.2) is 0 Å². The monoisotopic (exact) mass is 234 g/mol. The molecule has 0 aliphatic carbocycles. The van der Waals surface area contributed by atoms with Gasteiger partial charge in [-0.3, -0.25) is 4.98 Å². The van der Waals surface area contributed by atoms with Gasteiger partial charge in [-0.2, -0.15) is 0 Å². The molecule has 0 aliphatic heterocycles. The van der Waals surface area contributed by atoms with Crippen molar-refractivity contribution < 1.29 is 0 Å². The minimum Gasteiger partial charge on any atom is -0.398 e. The number of anilines is 1. The Morgan fingerprint density at radius 3 is 2.67 bits per heavy atom. The van der Waals surface area contributed by atoms with Crippen LogP contribution in [0, 0.1) is 6.92 Å². The summed E-state index contributed by atoms with van der Waals surface area (Å²) < 4.78 is 0. The molecule has 0 radical (unpaired) electrons. The molecule has 0 saturated carbocycles. The van der Waals surface area contributed by atoms with Crippen LogP contribution in [-0.2, 0) is 0 Å². The summed E-state index contributed by atoms with van der Waals surface area (Å²) in [6.07, 6.45) is 1.84. The van der Waals surface area contributed by atoms with E-state index in [2.05, 4.69) is 23.2 Å². The van der Waals surface area contributed by atoms with E-state index < -0.39 is 0 Å². The summed E-state index contributed by atoms with van der Waals surface area (Å²) in [7, 11) is 0. The molecule has 0 atom stereocenters. The molecule has 88 valence electrons. The average molecular weight is 234 g/mol. The van der Waals surface area contributed by atoms with Gasteiger partial charge in [0, 0.05) is 22.8 Å². The van der Waals surface area contributed by atoms with E-state index in [0.717, 1.165) is 27.9 Å². The van der Waals surface area contributed by atoms with Gasteiger partial charge < -0.3 is 5.73 Å². The van der Waals surface area contributed by atoms with Gasteiger partial charge in [0.2, 0.25) is 0 Å². The van der Waals surface area contributed by atoms with E-state index in [-0.39, 0.29) is 0 Å². The molecule has 1 aromatic heterocycles. The summed E-state index contributed by atoms with van der Waals surface area (Å²) in [5.74, 6) is 0. The minimum absolute atomic E-state index is 0.808. The van der Waals surface area contributed by atoms with Crippen molar-refractivity contribution in [2.24, 2.45) is 0 Å². The van der Waals surface area contributed by atoms with E-state index in [1.807, 2.05) is 43.5 Å². The molecule has 0 bridgehead atoms. The Labute approximate surface area is 106 Å². The molecule has 3 rings (SSSR count). The van der Waals surface area contributed by atoms with Crippen LogP contribution in [-0.4, -0.2) is 4.98 Å². The molecular formula is C16H14N2. The van der Waals surface area contributed by atoms with Gasteiger partial charge in [-0.15, -0.1) is 0 Å². The van der Waals surface area contributed by atoms with Crippen molar-refractivity contribution in [2.75, 3.05) is 5.73 Å². The third-order valence-electron chi connectivity index (χ3n) is 3.23. The van der Waals surface area contributed by atoms with Gasteiger partial charge in [-0.25, -0.2) is 0 Å². The number of aromatic nitrogens is 1. The van der Waals surface area contributed by atoms with Gasteiger partial charge >= 0.3 is 0 Å². The van der Waals surface area contributed by atoms with Crippen molar-refractivity contribution in [2.45, 2.75) is 6.92 Å². The third-order valence-corrected chi connectivity index (χ3v) is 3.23. The molecule has 18 heavy (non-hydrogen) atoms. The number of rotatable bonds is 1. The number of nitrogens with two attached hydrogens (primary N) is 1. The summed E-state index contributed by atoms with van der Waals surface area (Å²) >= 11 is 0. The van der Waals surface area contributed by atoms with Crippen LogP contribution < -0.4 is 5.73 Å². The molecular weight excluding hydrogens is 220 g/mol. The maximum Gasteiger partial charge on any atom is 0.0781 e. The highest BCUT2D eigenvalue weighted by molar-refractivity contribution is 5.94. The van der Waals surface area contributed by atoms with Crippen LogP contribution in [0.4, 0.5) is 5.69 Å². The van der Waals surface area contributed by atoms with E-state index in [0.29, 0.717) is 0 Å². The summed E-state index contributed by atoms with van der Waals surface area (Å²) in [6.45, 7) is 2.01. The van der Waals surface area contributed by atoms with E-state index >= 15 is 0 Å². The highest BCUT2D eigenvalue weighted by Crippen LogP contribution is 2.28. The molecule has 0 saturated heterocycles. The number of aryl methyl sites for hydroxylation is 1. The number of hydrogen-bond acceptors (Lipinski definition) is 2. The number of pyridine rings is 1. The molecule has 1 heterocycles. The fourth-order valence-electron chi connectivity index (χ4n) is 2.14. The van der Waals surface area contributed by atoms with Crippen molar-refractivity contribution in [1.29, 1.82) is 0 Å². The number of fused-ring (bicyclic) bond motifs is 1. The first-order valence-corrected chi connectivity index (χ1v) is 5.96. The maximum absolute atomic E-state index is 5.97. The largest absolute Gasteiger partial charge is 0.398 e. The molecule has 0 fully saturated rings. The van der Waals surface area contributed by atoms with Crippen LogP contribution in [0.25, 0.3) is 22.0 Å². The number of nitrogen functional groups attached to an aromatic ring is 1. The number of benzene rings is 2. The van der Waals surface area contributed by atoms with Gasteiger partial charge in [0.1, 0.15) is 0 Å². The Kier molecular flexibility index (Phi) is 2.49. The van der Waals surface area contributed by atoms with Crippen LogP contribution in [0.15, 0.2) is 54.7 Å². The summed E-state index contributed by atoms with van der Waals surface area (Å²) in [6, 6.07) is 16.4. The van der Waals surface area contributed by atoms with Crippen LogP contribution in [0.1, 0.15) is 5.56 Å². The van der Waals surface area contributed by atoms with Gasteiger partial charge in [0.25, 0.3) is 0 Å². The Morgan fingerprint density at radius 2 is 1.83 bits per heavy atom. The van der Waals surface area contributed by atoms with Crippen LogP contribution >= 0.6 is 0 Å². The Bertz CT molecular complexity index is 712. The predicted molar refractivity (Wildman–Crippen MR) is 76.3 cm³/mol. The van der Waals surface area contributed by atoms with E-state index in [1.54, 1.807) is 0 Å². The quantitative estimate of drug-likeness (QED) is 0.650. The van der Waals surface area contributed by atoms with Crippen molar-refractivity contribution in [1.82, 2.24) is 4.98 Å². The molecule has 2 aromatic carbocycles. The molecule has 0 spiro atoms. The van der Waals surface area contributed by atoms with Crippen LogP contribution in [0.2, 0.25) is 0 Å². The van der Waals surface area contributed by atoms with Gasteiger partial charge in [0.05, 0.1) is 5.69 Å². The van der Waals surface area contributed by atoms with Gasteiger partial charge in [-0.05, 0) is 30.0 Å². The Balaban J connectivity index is 2.28. The van der Waals surface area contributed by atoms with Crippen molar-refractivity contribution >= 4 is 16.5 Å². The summed E-state index contributed by atoms with van der Waals surface area (Å²) in [4.78, 5) is 4.49. The minimum atomic E-state index is 0.808. The zero-order valence-electron chi connectivity index (χ0n) is 10.2. The summed E-state index contributed by atoms with van der Waals surface area (Å²) in [5.41, 5.74) is 9.93. The lowest BCUT2D eigenvalue weighted by Gasteiger charge is -2.07. The fourth-order valence-corrected chi connectivity index (χ4v) is 2.14. The Morgan fingerprint density at radius 1 is 1.00 bits per heavy atom. The standard InChI is InChI=1S/C16H14N2/c1-11-6-7-13(10-15(11)17)16-14-5-3-2-4-12(14)8-9-18-16/h2-10H,17H2,1H3. The predicted octanol–water partition coefficient (Wildman–Crippen LogP) is 3.79. The molecule has 2 N–H and O–H groups in total. The summed E-state index contributed by atoms with van der Waals surface area (Å²) in [5, 5.41) is 2.35. The smallest absolute Gasteiger partial charge is 0.0781 e. The lowest BCUT2D eigenvalue weighted by molar-refractivity contribution is 1.35. The first kappa shape index (κ1) is 10.8. The number of nitrogens with zero attached hydrogens (tertiary/aromatic N) is 1. The first-order valence-electron chi connectivity index (χ1n) is 5.96. The molecule has 0 amide bonds. The molecule has 0 unspecified atom stereocenters. The zero-order valence-corrected chi connectivity index (χ0v) is 10.2. The number of hydrogen-bond donors (Lipinski definition) is 1. The molecule has 0 aliphatic rings. The average Bonchev–Trinajstić information content (AvgIpc) is 2.41. The maximum atomic E-state index is 5.97. The molecule has 2 nitrogen and oxygen atoms in total. The topological polar surface area (TPSA) is 38.9 Å². The second-order valence-electron chi connectivity index (χ2n) is 4.45. The van der Waals surface area contributed by atoms with E-state index in [1.165, 1.54) is 5.39 Å². The highest BCUT2D eigenvalue weighted by atomic mass is 14.7. The lowest BCUT2D eigenvalue weighted by atomic mass is 10.0. The van der Waals surface area contributed by atoms with Gasteiger partial charge in [-0.1, -0.05) is 36.4 Å². The van der Waals surface area contributed by atoms with Crippen molar-refractivity contribution in [3.63, 3.8) is 0 Å². The second kappa shape index (κ2) is 4.15. The SMILES string of the molecule is Cc1ccc(-c2nccc3ccccc23)cc1N. The molecule has 3 aromatic rings. The van der Waals surface area contributed by atoms with E-state index in [9.17, 15) is 0 Å². The van der Waals surface area contributed by atoms with Crippen molar-refractivity contribution in [3.8, 4) is 11.3 Å². The zero-order chi connectivity index (χ0) is 12.5. The lowest BCUT2D eigenvalue weighted by Crippen LogP contribution is -1.91. The van der Waals surface area contributed by atoms with Crippen LogP contribution in [0.5, 0.6) is 0 Å².